The Kier molecular flexibility index (Phi) is 12.5. The van der Waals surface area contributed by atoms with E-state index in [9.17, 15) is 46.7 Å². The zero-order valence-corrected chi connectivity index (χ0v) is 31.3. The van der Waals surface area contributed by atoms with Crippen molar-refractivity contribution in [2.24, 2.45) is 11.8 Å². The Balaban J connectivity index is 1.14. The number of hydrogen-bond acceptors (Lipinski definition) is 10. The summed E-state index contributed by atoms with van der Waals surface area (Å²) in [5.74, 6) is -4.45. The smallest absolute Gasteiger partial charge is 0.435 e. The molecule has 2 saturated heterocycles. The SMILES string of the molecule is COC(=O)CNC(=O)CNC(=O)Cn1nc(C(F)(F)F)c2c(-c3cc4c(cnn4C(=O)CCC(=O)N4CCC(C(=O)N5CCC(C=O)CC5)CC4)cc3F)cccc21. The number of esters is 1. The van der Waals surface area contributed by atoms with Crippen molar-refractivity contribution in [1.29, 1.82) is 0 Å². The minimum atomic E-state index is -5.05. The van der Waals surface area contributed by atoms with E-state index in [1.165, 1.54) is 30.5 Å². The normalized spacial score (nSPS) is 15.4. The maximum Gasteiger partial charge on any atom is 0.435 e. The summed E-state index contributed by atoms with van der Waals surface area (Å²) in [6, 6.07) is 6.07. The number of ether oxygens (including phenoxy) is 1. The van der Waals surface area contributed by atoms with Gasteiger partial charge in [-0.1, -0.05) is 12.1 Å². The van der Waals surface area contributed by atoms with Crippen molar-refractivity contribution in [2.75, 3.05) is 46.4 Å². The van der Waals surface area contributed by atoms with Crippen LogP contribution in [0.25, 0.3) is 32.9 Å². The van der Waals surface area contributed by atoms with Gasteiger partial charge in [-0.15, -0.1) is 0 Å². The number of likely N-dealkylation sites (tertiary alicyclic amines) is 2. The largest absolute Gasteiger partial charge is 0.468 e. The minimum absolute atomic E-state index is 0.0218. The number of fused-ring (bicyclic) bond motifs is 2. The Morgan fingerprint density at radius 3 is 2.21 bits per heavy atom. The third kappa shape index (κ3) is 9.15. The molecule has 2 N–H and O–H groups in total. The molecule has 0 atom stereocenters. The first-order chi connectivity index (χ1) is 27.7. The molecule has 0 unspecified atom stereocenters. The minimum Gasteiger partial charge on any atom is -0.468 e. The Morgan fingerprint density at radius 2 is 1.53 bits per heavy atom. The van der Waals surface area contributed by atoms with E-state index in [4.69, 9.17) is 0 Å². The number of piperidine rings is 2. The Morgan fingerprint density at radius 1 is 0.862 bits per heavy atom. The topological polar surface area (TPSA) is 195 Å². The van der Waals surface area contributed by atoms with Gasteiger partial charge < -0.3 is 30.0 Å². The maximum absolute atomic E-state index is 15.7. The van der Waals surface area contributed by atoms with Gasteiger partial charge in [0.2, 0.25) is 29.5 Å². The van der Waals surface area contributed by atoms with Gasteiger partial charge >= 0.3 is 12.1 Å². The fourth-order valence-electron chi connectivity index (χ4n) is 7.27. The third-order valence-electron chi connectivity index (χ3n) is 10.4. The van der Waals surface area contributed by atoms with Crippen molar-refractivity contribution >= 4 is 63.6 Å². The van der Waals surface area contributed by atoms with Gasteiger partial charge in [0, 0.05) is 67.2 Å². The molecule has 2 aliphatic rings. The van der Waals surface area contributed by atoms with Gasteiger partial charge in [-0.05, 0) is 49.4 Å². The number of alkyl halides is 3. The van der Waals surface area contributed by atoms with Crippen LogP contribution >= 0.6 is 0 Å². The molecule has 20 heteroatoms. The maximum atomic E-state index is 15.7. The van der Waals surface area contributed by atoms with Crippen LogP contribution in [0.4, 0.5) is 17.6 Å². The highest BCUT2D eigenvalue weighted by atomic mass is 19.4. The molecule has 6 rings (SSSR count). The third-order valence-corrected chi connectivity index (χ3v) is 10.4. The highest BCUT2D eigenvalue weighted by Gasteiger charge is 2.39. The lowest BCUT2D eigenvalue weighted by Gasteiger charge is -2.36. The van der Waals surface area contributed by atoms with Crippen molar-refractivity contribution in [1.82, 2.24) is 40.0 Å². The van der Waals surface area contributed by atoms with Gasteiger partial charge in [0.25, 0.3) is 0 Å². The van der Waals surface area contributed by atoms with E-state index in [0.717, 1.165) is 28.8 Å². The van der Waals surface area contributed by atoms with Crippen molar-refractivity contribution in [3.63, 3.8) is 0 Å². The fraction of sp³-hybridized carbons (Fsp3) is 0.447. The molecular weight excluding hydrogens is 772 g/mol. The van der Waals surface area contributed by atoms with E-state index < -0.39 is 66.4 Å². The lowest BCUT2D eigenvalue weighted by atomic mass is 9.92. The van der Waals surface area contributed by atoms with Gasteiger partial charge in [-0.25, -0.2) is 9.07 Å². The second kappa shape index (κ2) is 17.5. The van der Waals surface area contributed by atoms with E-state index in [0.29, 0.717) is 51.9 Å². The summed E-state index contributed by atoms with van der Waals surface area (Å²) in [5, 5.41) is 11.8. The van der Waals surface area contributed by atoms with Crippen molar-refractivity contribution < 1.29 is 55.9 Å². The van der Waals surface area contributed by atoms with E-state index in [1.807, 2.05) is 0 Å². The number of rotatable bonds is 12. The molecule has 2 aromatic heterocycles. The molecule has 2 fully saturated rings. The van der Waals surface area contributed by atoms with Crippen LogP contribution < -0.4 is 10.6 Å². The quantitative estimate of drug-likeness (QED) is 0.122. The van der Waals surface area contributed by atoms with E-state index >= 15 is 4.39 Å². The summed E-state index contributed by atoms with van der Waals surface area (Å²) in [6.07, 6.45) is -1.13. The van der Waals surface area contributed by atoms with Gasteiger partial charge in [0.15, 0.2) is 5.69 Å². The number of carbonyl (C=O) groups excluding carboxylic acids is 7. The lowest BCUT2D eigenvalue weighted by molar-refractivity contribution is -0.142. The molecule has 16 nitrogen and oxygen atoms in total. The van der Waals surface area contributed by atoms with E-state index in [1.54, 1.807) is 9.80 Å². The molecule has 0 bridgehead atoms. The summed E-state index contributed by atoms with van der Waals surface area (Å²) in [4.78, 5) is 89.8. The van der Waals surface area contributed by atoms with Crippen LogP contribution in [0, 0.1) is 17.7 Å². The fourth-order valence-corrected chi connectivity index (χ4v) is 7.27. The van der Waals surface area contributed by atoms with Crippen LogP contribution in [-0.4, -0.2) is 118 Å². The van der Waals surface area contributed by atoms with Gasteiger partial charge in [-0.3, -0.25) is 33.4 Å². The number of aldehydes is 1. The van der Waals surface area contributed by atoms with Crippen LogP contribution in [0.3, 0.4) is 0 Å². The number of nitrogens with zero attached hydrogens (tertiary/aromatic N) is 6. The molecule has 4 aromatic rings. The summed E-state index contributed by atoms with van der Waals surface area (Å²) < 4.78 is 65.2. The molecule has 0 aliphatic carbocycles. The number of carbonyl (C=O) groups is 7. The average molecular weight is 813 g/mol. The second-order valence-corrected chi connectivity index (χ2v) is 14.1. The number of halogens is 4. The van der Waals surface area contributed by atoms with Crippen LogP contribution in [0.1, 0.15) is 49.0 Å². The first kappa shape index (κ1) is 41.4. The number of hydrogen-bond donors (Lipinski definition) is 2. The van der Waals surface area contributed by atoms with Crippen LogP contribution in [0.2, 0.25) is 0 Å². The van der Waals surface area contributed by atoms with Gasteiger partial charge in [0.1, 0.15) is 25.2 Å². The molecule has 2 aromatic carbocycles. The predicted octanol–water partition coefficient (Wildman–Crippen LogP) is 2.71. The highest BCUT2D eigenvalue weighted by Crippen LogP contribution is 2.41. The first-order valence-corrected chi connectivity index (χ1v) is 18.6. The Labute approximate surface area is 327 Å². The van der Waals surface area contributed by atoms with Gasteiger partial charge in [0.05, 0.1) is 30.9 Å². The van der Waals surface area contributed by atoms with Crippen molar-refractivity contribution in [2.45, 2.75) is 51.2 Å². The Hall–Kier alpha value is -6.21. The molecular formula is C38H40F4N8O8. The van der Waals surface area contributed by atoms with Crippen molar-refractivity contribution in [3.05, 3.63) is 48.0 Å². The van der Waals surface area contributed by atoms with Gasteiger partial charge in [-0.2, -0.15) is 23.4 Å². The summed E-state index contributed by atoms with van der Waals surface area (Å²) >= 11 is 0. The molecule has 0 spiro atoms. The summed E-state index contributed by atoms with van der Waals surface area (Å²) in [6.45, 7) is -0.0680. The first-order valence-electron chi connectivity index (χ1n) is 18.6. The number of amides is 4. The zero-order valence-electron chi connectivity index (χ0n) is 31.3. The standard InChI is InChI=1S/C38H40F4N8O8/c1-58-34(56)19-44-30(52)18-43-31(53)20-49-28-4-2-3-25(35(28)36(46-49)38(40,41)42)26-16-29-24(15-27(26)39)17-45-50(29)33(55)6-5-32(54)47-13-9-23(10-14-47)37(57)48-11-7-22(21-51)8-12-48/h2-4,15-17,21-23H,5-14,18-20H2,1H3,(H,43,53)(H,44,52). The molecule has 4 heterocycles. The van der Waals surface area contributed by atoms with Crippen LogP contribution in [0.5, 0.6) is 0 Å². The molecule has 4 amide bonds. The van der Waals surface area contributed by atoms with Crippen LogP contribution in [-0.2, 0) is 46.2 Å². The zero-order chi connectivity index (χ0) is 41.7. The monoisotopic (exact) mass is 812 g/mol. The van der Waals surface area contributed by atoms with E-state index in [2.05, 4.69) is 25.6 Å². The second-order valence-electron chi connectivity index (χ2n) is 14.1. The number of aromatic nitrogens is 4. The highest BCUT2D eigenvalue weighted by molar-refractivity contribution is 6.01. The molecule has 308 valence electrons. The number of methoxy groups -OCH3 is 1. The molecule has 0 saturated carbocycles. The summed E-state index contributed by atoms with van der Waals surface area (Å²) in [7, 11) is 1.11. The predicted molar refractivity (Wildman–Crippen MR) is 196 cm³/mol. The summed E-state index contributed by atoms with van der Waals surface area (Å²) in [5.41, 5.74) is -2.05. The molecule has 58 heavy (non-hydrogen) atoms. The average Bonchev–Trinajstić information content (AvgIpc) is 3.82. The Bertz CT molecular complexity index is 2250. The number of benzene rings is 2. The van der Waals surface area contributed by atoms with Crippen LogP contribution in [0.15, 0.2) is 36.5 Å². The van der Waals surface area contributed by atoms with Crippen molar-refractivity contribution in [3.8, 4) is 11.1 Å². The lowest BCUT2D eigenvalue weighted by Crippen LogP contribution is -2.46. The molecule has 2 aliphatic heterocycles. The number of nitrogens with one attached hydrogen (secondary N) is 2. The van der Waals surface area contributed by atoms with E-state index in [-0.39, 0.29) is 64.0 Å². The molecule has 0 radical (unpaired) electrons.